The van der Waals surface area contributed by atoms with Crippen molar-refractivity contribution in [2.45, 2.75) is 40.0 Å². The topological polar surface area (TPSA) is 79.0 Å². The molecule has 1 aromatic heterocycles. The number of H-pyrrole nitrogens is 1. The lowest BCUT2D eigenvalue weighted by Gasteiger charge is -2.29. The molecule has 0 saturated heterocycles. The van der Waals surface area contributed by atoms with Crippen LogP contribution >= 0.6 is 0 Å². The van der Waals surface area contributed by atoms with E-state index in [9.17, 15) is 14.4 Å². The summed E-state index contributed by atoms with van der Waals surface area (Å²) in [6.45, 7) is 5.99. The molecule has 1 amide bonds. The standard InChI is InChI=1S/C20H22N2O3/c1-4-12-7-5-6-8-15(12)21-18(24)14-9-13-16(22-19(14)25)10-20(2,3)11-17(13)23/h5-9H,4,10-11H2,1-3H3,(H,21,24)(H,22,25). The molecule has 25 heavy (non-hydrogen) atoms. The minimum absolute atomic E-state index is 0.0299. The number of nitrogens with one attached hydrogen (secondary N) is 2. The predicted molar refractivity (Wildman–Crippen MR) is 97.3 cm³/mol. The van der Waals surface area contributed by atoms with Gasteiger partial charge in [0.2, 0.25) is 0 Å². The number of aromatic nitrogens is 1. The SMILES string of the molecule is CCc1ccccc1NC(=O)c1cc2c([nH]c1=O)CC(C)(C)CC2=O. The van der Waals surface area contributed by atoms with Gasteiger partial charge in [-0.05, 0) is 36.0 Å². The number of benzene rings is 1. The van der Waals surface area contributed by atoms with Gasteiger partial charge < -0.3 is 10.3 Å². The molecular weight excluding hydrogens is 316 g/mol. The molecule has 0 atom stereocenters. The first kappa shape index (κ1) is 17.1. The van der Waals surface area contributed by atoms with Crippen molar-refractivity contribution in [1.29, 1.82) is 0 Å². The van der Waals surface area contributed by atoms with E-state index >= 15 is 0 Å². The third-order valence-corrected chi connectivity index (χ3v) is 4.61. The van der Waals surface area contributed by atoms with Gasteiger partial charge in [-0.3, -0.25) is 14.4 Å². The molecule has 0 bridgehead atoms. The number of carbonyl (C=O) groups is 2. The fourth-order valence-electron chi connectivity index (χ4n) is 3.34. The fraction of sp³-hybridized carbons (Fsp3) is 0.350. The summed E-state index contributed by atoms with van der Waals surface area (Å²) < 4.78 is 0. The highest BCUT2D eigenvalue weighted by molar-refractivity contribution is 6.07. The number of ketones is 1. The smallest absolute Gasteiger partial charge is 0.261 e. The molecule has 0 saturated carbocycles. The van der Waals surface area contributed by atoms with Gasteiger partial charge >= 0.3 is 0 Å². The van der Waals surface area contributed by atoms with Crippen molar-refractivity contribution < 1.29 is 9.59 Å². The van der Waals surface area contributed by atoms with Crippen LogP contribution in [-0.4, -0.2) is 16.7 Å². The summed E-state index contributed by atoms with van der Waals surface area (Å²) >= 11 is 0. The molecule has 3 rings (SSSR count). The van der Waals surface area contributed by atoms with Gasteiger partial charge in [0.1, 0.15) is 5.56 Å². The molecular formula is C20H22N2O3. The molecule has 1 heterocycles. The Bertz CT molecular complexity index is 909. The van der Waals surface area contributed by atoms with E-state index in [1.807, 2.05) is 39.0 Å². The molecule has 0 aliphatic heterocycles. The van der Waals surface area contributed by atoms with Crippen LogP contribution in [0.3, 0.4) is 0 Å². The van der Waals surface area contributed by atoms with Crippen LogP contribution in [0.4, 0.5) is 5.69 Å². The van der Waals surface area contributed by atoms with Crippen LogP contribution in [0, 0.1) is 5.41 Å². The molecule has 130 valence electrons. The van der Waals surface area contributed by atoms with Crippen LogP contribution in [0.1, 0.15) is 59.2 Å². The second kappa shape index (κ2) is 6.31. The Labute approximate surface area is 146 Å². The summed E-state index contributed by atoms with van der Waals surface area (Å²) in [5.41, 5.74) is 2.07. The number of aryl methyl sites for hydroxylation is 1. The quantitative estimate of drug-likeness (QED) is 0.901. The first-order valence-corrected chi connectivity index (χ1v) is 8.49. The summed E-state index contributed by atoms with van der Waals surface area (Å²) in [5.74, 6) is -0.534. The van der Waals surface area contributed by atoms with E-state index < -0.39 is 11.5 Å². The Kier molecular flexibility index (Phi) is 4.33. The van der Waals surface area contributed by atoms with Gasteiger partial charge in [-0.15, -0.1) is 0 Å². The van der Waals surface area contributed by atoms with Gasteiger partial charge in [-0.1, -0.05) is 39.0 Å². The molecule has 1 aliphatic carbocycles. The molecule has 2 aromatic rings. The van der Waals surface area contributed by atoms with Crippen molar-refractivity contribution in [2.24, 2.45) is 5.41 Å². The lowest BCUT2D eigenvalue weighted by Crippen LogP contribution is -2.32. The highest BCUT2D eigenvalue weighted by Gasteiger charge is 2.32. The predicted octanol–water partition coefficient (Wildman–Crippen LogP) is 3.34. The van der Waals surface area contributed by atoms with E-state index in [4.69, 9.17) is 0 Å². The van der Waals surface area contributed by atoms with Crippen LogP contribution in [0.5, 0.6) is 0 Å². The molecule has 2 N–H and O–H groups in total. The zero-order valence-electron chi connectivity index (χ0n) is 14.7. The number of rotatable bonds is 3. The highest BCUT2D eigenvalue weighted by atomic mass is 16.2. The van der Waals surface area contributed by atoms with Crippen molar-refractivity contribution in [3.63, 3.8) is 0 Å². The van der Waals surface area contributed by atoms with E-state index in [2.05, 4.69) is 10.3 Å². The van der Waals surface area contributed by atoms with Crippen molar-refractivity contribution in [3.05, 3.63) is 63.1 Å². The number of hydrogen-bond acceptors (Lipinski definition) is 3. The summed E-state index contributed by atoms with van der Waals surface area (Å²) in [4.78, 5) is 40.1. The number of para-hydroxylation sites is 1. The second-order valence-electron chi connectivity index (χ2n) is 7.31. The number of fused-ring (bicyclic) bond motifs is 1. The third-order valence-electron chi connectivity index (χ3n) is 4.61. The minimum Gasteiger partial charge on any atom is -0.325 e. The number of carbonyl (C=O) groups excluding carboxylic acids is 2. The van der Waals surface area contributed by atoms with Gasteiger partial charge in [0.05, 0.1) is 0 Å². The van der Waals surface area contributed by atoms with Crippen LogP contribution in [0.2, 0.25) is 0 Å². The van der Waals surface area contributed by atoms with Gasteiger partial charge in [0, 0.05) is 23.4 Å². The molecule has 5 nitrogen and oxygen atoms in total. The Hall–Kier alpha value is -2.69. The van der Waals surface area contributed by atoms with Crippen LogP contribution in [0.25, 0.3) is 0 Å². The van der Waals surface area contributed by atoms with E-state index in [1.54, 1.807) is 6.07 Å². The molecule has 1 aromatic carbocycles. The molecule has 1 aliphatic rings. The van der Waals surface area contributed by atoms with Crippen LogP contribution in [0.15, 0.2) is 35.1 Å². The Morgan fingerprint density at radius 2 is 1.92 bits per heavy atom. The number of pyridine rings is 1. The summed E-state index contributed by atoms with van der Waals surface area (Å²) in [5, 5.41) is 2.79. The Morgan fingerprint density at radius 3 is 2.64 bits per heavy atom. The van der Waals surface area contributed by atoms with Crippen LogP contribution in [-0.2, 0) is 12.8 Å². The second-order valence-corrected chi connectivity index (χ2v) is 7.31. The molecule has 0 fully saturated rings. The maximum atomic E-state index is 12.6. The molecule has 0 unspecified atom stereocenters. The molecule has 0 radical (unpaired) electrons. The summed E-state index contributed by atoms with van der Waals surface area (Å²) in [7, 11) is 0. The van der Waals surface area contributed by atoms with Gasteiger partial charge in [-0.2, -0.15) is 0 Å². The minimum atomic E-state index is -0.498. The van der Waals surface area contributed by atoms with E-state index in [0.29, 0.717) is 29.8 Å². The fourth-order valence-corrected chi connectivity index (χ4v) is 3.34. The number of hydrogen-bond donors (Lipinski definition) is 2. The monoisotopic (exact) mass is 338 g/mol. The number of aromatic amines is 1. The first-order chi connectivity index (χ1) is 11.8. The van der Waals surface area contributed by atoms with E-state index in [0.717, 1.165) is 12.0 Å². The highest BCUT2D eigenvalue weighted by Crippen LogP contribution is 2.33. The summed E-state index contributed by atoms with van der Waals surface area (Å²) in [6.07, 6.45) is 1.79. The maximum Gasteiger partial charge on any atom is 0.261 e. The third kappa shape index (κ3) is 3.40. The maximum absolute atomic E-state index is 12.6. The van der Waals surface area contributed by atoms with E-state index in [1.165, 1.54) is 6.07 Å². The molecule has 5 heteroatoms. The largest absolute Gasteiger partial charge is 0.325 e. The van der Waals surface area contributed by atoms with Gasteiger partial charge in [0.15, 0.2) is 5.78 Å². The average Bonchev–Trinajstić information content (AvgIpc) is 2.53. The van der Waals surface area contributed by atoms with Gasteiger partial charge in [0.25, 0.3) is 11.5 Å². The molecule has 0 spiro atoms. The zero-order valence-corrected chi connectivity index (χ0v) is 14.7. The number of Topliss-reactive ketones (excluding diaryl/α,β-unsaturated/α-hetero) is 1. The van der Waals surface area contributed by atoms with Crippen molar-refractivity contribution in [1.82, 2.24) is 4.98 Å². The normalized spacial score (nSPS) is 15.6. The van der Waals surface area contributed by atoms with Crippen molar-refractivity contribution in [3.8, 4) is 0 Å². The van der Waals surface area contributed by atoms with Gasteiger partial charge in [-0.25, -0.2) is 0 Å². The zero-order chi connectivity index (χ0) is 18.2. The van der Waals surface area contributed by atoms with Crippen LogP contribution < -0.4 is 10.9 Å². The first-order valence-electron chi connectivity index (χ1n) is 8.49. The average molecular weight is 338 g/mol. The van der Waals surface area contributed by atoms with E-state index in [-0.39, 0.29) is 16.8 Å². The van der Waals surface area contributed by atoms with Crippen molar-refractivity contribution in [2.75, 3.05) is 5.32 Å². The number of anilines is 1. The Balaban J connectivity index is 1.96. The number of amides is 1. The van der Waals surface area contributed by atoms with Crippen molar-refractivity contribution >= 4 is 17.4 Å². The lowest BCUT2D eigenvalue weighted by atomic mass is 9.75. The lowest BCUT2D eigenvalue weighted by molar-refractivity contribution is 0.0910. The summed E-state index contributed by atoms with van der Waals surface area (Å²) in [6, 6.07) is 8.91. The Morgan fingerprint density at radius 1 is 1.20 bits per heavy atom.